The lowest BCUT2D eigenvalue weighted by Gasteiger charge is -2.03. The summed E-state index contributed by atoms with van der Waals surface area (Å²) in [6.45, 7) is 0. The van der Waals surface area contributed by atoms with Gasteiger partial charge >= 0.3 is 0 Å². The van der Waals surface area contributed by atoms with Crippen LogP contribution in [-0.2, 0) is 0 Å². The average molecular weight is 270 g/mol. The number of hydrogen-bond donors (Lipinski definition) is 3. The number of halogens is 1. The zero-order valence-electron chi connectivity index (χ0n) is 10.4. The molecule has 2 aromatic carbocycles. The van der Waals surface area contributed by atoms with E-state index in [0.717, 1.165) is 0 Å². The highest BCUT2D eigenvalue weighted by molar-refractivity contribution is 6.05. The van der Waals surface area contributed by atoms with Crippen LogP contribution in [0.2, 0.25) is 0 Å². The molecule has 4 nitrogen and oxygen atoms in total. The molecule has 0 saturated heterocycles. The Balaban J connectivity index is 1.88. The molecule has 20 heavy (non-hydrogen) atoms. The van der Waals surface area contributed by atoms with E-state index in [9.17, 15) is 14.3 Å². The second-order valence-electron chi connectivity index (χ2n) is 4.42. The van der Waals surface area contributed by atoms with E-state index >= 15 is 0 Å². The standard InChI is InChI=1S/C15H11FN2O2/c16-10-4-5-13-9(6-10)7-14(18-13)15(20)17-11-2-1-3-12(19)8-11/h1-8,18-19H,(H,17,20). The number of anilines is 1. The van der Waals surface area contributed by atoms with E-state index in [4.69, 9.17) is 0 Å². The summed E-state index contributed by atoms with van der Waals surface area (Å²) in [5, 5.41) is 12.6. The van der Waals surface area contributed by atoms with Gasteiger partial charge in [-0.05, 0) is 36.4 Å². The third kappa shape index (κ3) is 2.33. The van der Waals surface area contributed by atoms with Crippen LogP contribution in [0.25, 0.3) is 10.9 Å². The number of amides is 1. The van der Waals surface area contributed by atoms with Crippen molar-refractivity contribution in [3.8, 4) is 5.75 Å². The number of carbonyl (C=O) groups excluding carboxylic acids is 1. The number of aromatic nitrogens is 1. The zero-order valence-corrected chi connectivity index (χ0v) is 10.4. The van der Waals surface area contributed by atoms with Gasteiger partial charge in [-0.3, -0.25) is 4.79 Å². The lowest BCUT2D eigenvalue weighted by molar-refractivity contribution is 0.102. The van der Waals surface area contributed by atoms with Crippen LogP contribution >= 0.6 is 0 Å². The number of hydrogen-bond acceptors (Lipinski definition) is 2. The SMILES string of the molecule is O=C(Nc1cccc(O)c1)c1cc2cc(F)ccc2[nH]1. The van der Waals surface area contributed by atoms with Crippen LogP contribution in [0.5, 0.6) is 5.75 Å². The lowest BCUT2D eigenvalue weighted by Crippen LogP contribution is -2.11. The molecule has 3 aromatic rings. The molecule has 0 fully saturated rings. The fraction of sp³-hybridized carbons (Fsp3) is 0. The molecule has 0 aliphatic heterocycles. The van der Waals surface area contributed by atoms with Crippen LogP contribution in [0, 0.1) is 5.82 Å². The molecule has 1 amide bonds. The largest absolute Gasteiger partial charge is 0.508 e. The number of H-pyrrole nitrogens is 1. The molecular formula is C15H11FN2O2. The fourth-order valence-electron chi connectivity index (χ4n) is 2.01. The molecule has 0 atom stereocenters. The van der Waals surface area contributed by atoms with Gasteiger partial charge in [0, 0.05) is 22.7 Å². The molecule has 0 radical (unpaired) electrons. The van der Waals surface area contributed by atoms with Crippen LogP contribution in [0.1, 0.15) is 10.5 Å². The van der Waals surface area contributed by atoms with Gasteiger partial charge in [-0.2, -0.15) is 0 Å². The van der Waals surface area contributed by atoms with E-state index < -0.39 is 0 Å². The number of carbonyl (C=O) groups is 1. The van der Waals surface area contributed by atoms with Crippen molar-refractivity contribution in [1.82, 2.24) is 4.98 Å². The van der Waals surface area contributed by atoms with Gasteiger partial charge in [0.1, 0.15) is 17.3 Å². The Morgan fingerprint density at radius 1 is 1.15 bits per heavy atom. The summed E-state index contributed by atoms with van der Waals surface area (Å²) in [4.78, 5) is 15.0. The smallest absolute Gasteiger partial charge is 0.272 e. The molecule has 0 aliphatic rings. The topological polar surface area (TPSA) is 65.1 Å². The third-order valence-electron chi connectivity index (χ3n) is 2.93. The maximum absolute atomic E-state index is 13.1. The highest BCUT2D eigenvalue weighted by Crippen LogP contribution is 2.19. The van der Waals surface area contributed by atoms with Crippen LogP contribution in [0.3, 0.4) is 0 Å². The quantitative estimate of drug-likeness (QED) is 0.669. The summed E-state index contributed by atoms with van der Waals surface area (Å²) in [6, 6.07) is 12.1. The summed E-state index contributed by atoms with van der Waals surface area (Å²) >= 11 is 0. The first-order valence-corrected chi connectivity index (χ1v) is 6.00. The van der Waals surface area contributed by atoms with Gasteiger partial charge in [-0.15, -0.1) is 0 Å². The van der Waals surface area contributed by atoms with Crippen molar-refractivity contribution >= 4 is 22.5 Å². The first kappa shape index (κ1) is 12.2. The van der Waals surface area contributed by atoms with Gasteiger partial charge in [-0.1, -0.05) is 6.07 Å². The van der Waals surface area contributed by atoms with E-state index in [0.29, 0.717) is 22.3 Å². The monoisotopic (exact) mass is 270 g/mol. The minimum absolute atomic E-state index is 0.0708. The van der Waals surface area contributed by atoms with Gasteiger partial charge in [0.15, 0.2) is 0 Å². The second kappa shape index (κ2) is 4.70. The van der Waals surface area contributed by atoms with Crippen LogP contribution in [-0.4, -0.2) is 16.0 Å². The molecule has 5 heteroatoms. The second-order valence-corrected chi connectivity index (χ2v) is 4.42. The van der Waals surface area contributed by atoms with E-state index in [1.165, 1.54) is 24.3 Å². The molecule has 100 valence electrons. The Morgan fingerprint density at radius 2 is 2.00 bits per heavy atom. The van der Waals surface area contributed by atoms with Crippen molar-refractivity contribution in [2.45, 2.75) is 0 Å². The molecule has 3 rings (SSSR count). The molecule has 0 aliphatic carbocycles. The molecular weight excluding hydrogens is 259 g/mol. The molecule has 0 unspecified atom stereocenters. The number of phenols is 1. The summed E-state index contributed by atoms with van der Waals surface area (Å²) in [5.74, 6) is -0.634. The van der Waals surface area contributed by atoms with Crippen LogP contribution in [0.4, 0.5) is 10.1 Å². The van der Waals surface area contributed by atoms with Gasteiger partial charge in [0.05, 0.1) is 0 Å². The number of fused-ring (bicyclic) bond motifs is 1. The first-order valence-electron chi connectivity index (χ1n) is 6.00. The summed E-state index contributed by atoms with van der Waals surface area (Å²) in [5.41, 5.74) is 1.50. The Labute approximate surface area is 113 Å². The minimum atomic E-state index is -0.354. The van der Waals surface area contributed by atoms with Gasteiger partial charge < -0.3 is 15.4 Å². The number of benzene rings is 2. The maximum Gasteiger partial charge on any atom is 0.272 e. The van der Waals surface area contributed by atoms with Crippen molar-refractivity contribution in [3.05, 3.63) is 60.0 Å². The van der Waals surface area contributed by atoms with Crippen molar-refractivity contribution in [1.29, 1.82) is 0 Å². The van der Waals surface area contributed by atoms with Crippen molar-refractivity contribution in [2.24, 2.45) is 0 Å². The number of rotatable bonds is 2. The molecule has 1 aromatic heterocycles. The summed E-state index contributed by atoms with van der Waals surface area (Å²) in [6.07, 6.45) is 0. The first-order chi connectivity index (χ1) is 9.61. The van der Waals surface area contributed by atoms with Crippen LogP contribution in [0.15, 0.2) is 48.5 Å². The molecule has 0 spiro atoms. The normalized spacial score (nSPS) is 10.7. The lowest BCUT2D eigenvalue weighted by atomic mass is 10.2. The van der Waals surface area contributed by atoms with Gasteiger partial charge in [0.2, 0.25) is 0 Å². The van der Waals surface area contributed by atoms with Crippen molar-refractivity contribution in [3.63, 3.8) is 0 Å². The maximum atomic E-state index is 13.1. The predicted molar refractivity (Wildman–Crippen MR) is 74.3 cm³/mol. The van der Waals surface area contributed by atoms with Crippen molar-refractivity contribution < 1.29 is 14.3 Å². The number of phenolic OH excluding ortho intramolecular Hbond substituents is 1. The summed E-state index contributed by atoms with van der Waals surface area (Å²) in [7, 11) is 0. The highest BCUT2D eigenvalue weighted by Gasteiger charge is 2.10. The Hall–Kier alpha value is -2.82. The number of aromatic hydroxyl groups is 1. The Bertz CT molecular complexity index is 795. The molecule has 3 N–H and O–H groups in total. The van der Waals surface area contributed by atoms with Crippen molar-refractivity contribution in [2.75, 3.05) is 5.32 Å². The van der Waals surface area contributed by atoms with E-state index in [1.807, 2.05) is 0 Å². The molecule has 1 heterocycles. The number of aromatic amines is 1. The van der Waals surface area contributed by atoms with E-state index in [1.54, 1.807) is 24.3 Å². The Kier molecular flexibility index (Phi) is 2.87. The summed E-state index contributed by atoms with van der Waals surface area (Å²) < 4.78 is 13.1. The highest BCUT2D eigenvalue weighted by atomic mass is 19.1. The minimum Gasteiger partial charge on any atom is -0.508 e. The average Bonchev–Trinajstić information content (AvgIpc) is 2.81. The molecule has 0 saturated carbocycles. The predicted octanol–water partition coefficient (Wildman–Crippen LogP) is 3.26. The number of nitrogens with one attached hydrogen (secondary N) is 2. The van der Waals surface area contributed by atoms with E-state index in [-0.39, 0.29) is 17.5 Å². The molecule has 0 bridgehead atoms. The Morgan fingerprint density at radius 3 is 2.80 bits per heavy atom. The third-order valence-corrected chi connectivity index (χ3v) is 2.93. The fourth-order valence-corrected chi connectivity index (χ4v) is 2.01. The zero-order chi connectivity index (χ0) is 14.1. The van der Waals surface area contributed by atoms with E-state index in [2.05, 4.69) is 10.3 Å². The van der Waals surface area contributed by atoms with Gasteiger partial charge in [-0.25, -0.2) is 4.39 Å². The van der Waals surface area contributed by atoms with Crippen LogP contribution < -0.4 is 5.32 Å². The van der Waals surface area contributed by atoms with Gasteiger partial charge in [0.25, 0.3) is 5.91 Å².